The van der Waals surface area contributed by atoms with Crippen molar-refractivity contribution < 1.29 is 4.74 Å². The van der Waals surface area contributed by atoms with Crippen molar-refractivity contribution in [2.45, 2.75) is 58.3 Å². The maximum absolute atomic E-state index is 5.95. The zero-order valence-electron chi connectivity index (χ0n) is 9.63. The molecular weight excluding hydrogens is 162 g/mol. The predicted molar refractivity (Wildman–Crippen MR) is 56.0 cm³/mol. The average Bonchev–Trinajstić information content (AvgIpc) is 2.30. The molecule has 2 nitrogen and oxygen atoms in total. The summed E-state index contributed by atoms with van der Waals surface area (Å²) >= 11 is 0. The zero-order chi connectivity index (χ0) is 10.1. The lowest BCUT2D eigenvalue weighted by Gasteiger charge is -2.32. The molecule has 13 heavy (non-hydrogen) atoms. The first kappa shape index (κ1) is 11.0. The molecule has 2 atom stereocenters. The molecule has 0 saturated carbocycles. The van der Waals surface area contributed by atoms with Crippen molar-refractivity contribution >= 4 is 0 Å². The molecule has 0 aliphatic carbocycles. The van der Waals surface area contributed by atoms with Gasteiger partial charge in [-0.25, -0.2) is 0 Å². The van der Waals surface area contributed by atoms with E-state index in [2.05, 4.69) is 39.6 Å². The molecule has 0 radical (unpaired) electrons. The van der Waals surface area contributed by atoms with Gasteiger partial charge < -0.3 is 9.64 Å². The van der Waals surface area contributed by atoms with Crippen LogP contribution in [0.3, 0.4) is 0 Å². The Balaban J connectivity index is 2.43. The Hall–Kier alpha value is -0.0800. The van der Waals surface area contributed by atoms with Gasteiger partial charge >= 0.3 is 0 Å². The lowest BCUT2D eigenvalue weighted by atomic mass is 10.1. The summed E-state index contributed by atoms with van der Waals surface area (Å²) in [5, 5.41) is 0. The molecule has 1 fully saturated rings. The molecule has 0 unspecified atom stereocenters. The second-order valence-electron chi connectivity index (χ2n) is 5.13. The summed E-state index contributed by atoms with van der Waals surface area (Å²) in [7, 11) is 2.19. The third-order valence-electron chi connectivity index (χ3n) is 2.66. The van der Waals surface area contributed by atoms with Crippen LogP contribution in [0.1, 0.15) is 40.5 Å². The average molecular weight is 185 g/mol. The topological polar surface area (TPSA) is 12.5 Å². The third-order valence-corrected chi connectivity index (χ3v) is 2.66. The summed E-state index contributed by atoms with van der Waals surface area (Å²) in [4.78, 5) is 2.41. The van der Waals surface area contributed by atoms with E-state index in [4.69, 9.17) is 4.74 Å². The van der Waals surface area contributed by atoms with Gasteiger partial charge in [0.1, 0.15) is 0 Å². The first-order valence-electron chi connectivity index (χ1n) is 5.28. The number of ether oxygens (including phenoxy) is 1. The second kappa shape index (κ2) is 3.97. The highest BCUT2D eigenvalue weighted by molar-refractivity contribution is 4.82. The molecule has 0 N–H and O–H groups in total. The maximum Gasteiger partial charge on any atom is 0.0709 e. The summed E-state index contributed by atoms with van der Waals surface area (Å²) in [6.07, 6.45) is 2.96. The van der Waals surface area contributed by atoms with Crippen molar-refractivity contribution in [2.75, 3.05) is 13.6 Å². The molecule has 1 aliphatic rings. The Morgan fingerprint density at radius 3 is 2.38 bits per heavy atom. The van der Waals surface area contributed by atoms with Crippen LogP contribution in [-0.4, -0.2) is 36.2 Å². The van der Waals surface area contributed by atoms with E-state index < -0.39 is 0 Å². The number of nitrogens with zero attached hydrogens (tertiary/aromatic N) is 1. The van der Waals surface area contributed by atoms with Gasteiger partial charge in [0.25, 0.3) is 0 Å². The minimum atomic E-state index is -0.0111. The van der Waals surface area contributed by atoms with Gasteiger partial charge in [0.05, 0.1) is 11.7 Å². The van der Waals surface area contributed by atoms with Crippen molar-refractivity contribution in [1.29, 1.82) is 0 Å². The smallest absolute Gasteiger partial charge is 0.0709 e. The van der Waals surface area contributed by atoms with Gasteiger partial charge in [0.2, 0.25) is 0 Å². The van der Waals surface area contributed by atoms with Gasteiger partial charge in [-0.15, -0.1) is 0 Å². The van der Waals surface area contributed by atoms with Crippen LogP contribution in [0, 0.1) is 0 Å². The minimum Gasteiger partial charge on any atom is -0.371 e. The number of likely N-dealkylation sites (N-methyl/N-ethyl adjacent to an activating group) is 1. The normalized spacial score (nSPS) is 27.9. The van der Waals surface area contributed by atoms with E-state index in [1.807, 2.05) is 0 Å². The van der Waals surface area contributed by atoms with Crippen LogP contribution in [0.15, 0.2) is 0 Å². The molecule has 0 aromatic heterocycles. The van der Waals surface area contributed by atoms with E-state index in [9.17, 15) is 0 Å². The predicted octanol–water partition coefficient (Wildman–Crippen LogP) is 2.28. The molecular formula is C11H23NO. The summed E-state index contributed by atoms with van der Waals surface area (Å²) in [5.74, 6) is 0. The second-order valence-corrected chi connectivity index (χ2v) is 5.13. The van der Waals surface area contributed by atoms with Crippen molar-refractivity contribution in [3.8, 4) is 0 Å². The standard InChI is InChI=1S/C11H23NO/c1-9(13-11(2,3)4)10-7-6-8-12(10)5/h9-10H,6-8H2,1-5H3/t9-,10-/m1/s1. The van der Waals surface area contributed by atoms with Gasteiger partial charge in [-0.1, -0.05) is 0 Å². The molecule has 0 spiro atoms. The first-order chi connectivity index (χ1) is 5.90. The van der Waals surface area contributed by atoms with E-state index in [-0.39, 0.29) is 5.60 Å². The van der Waals surface area contributed by atoms with Gasteiger partial charge in [0, 0.05) is 6.04 Å². The number of likely N-dealkylation sites (tertiary alicyclic amines) is 1. The highest BCUT2D eigenvalue weighted by atomic mass is 16.5. The van der Waals surface area contributed by atoms with Gasteiger partial charge in [-0.3, -0.25) is 0 Å². The maximum atomic E-state index is 5.95. The Labute approximate surface area is 82.3 Å². The van der Waals surface area contributed by atoms with Crippen molar-refractivity contribution in [2.24, 2.45) is 0 Å². The zero-order valence-corrected chi connectivity index (χ0v) is 9.63. The molecule has 1 aliphatic heterocycles. The molecule has 1 rings (SSSR count). The van der Waals surface area contributed by atoms with E-state index >= 15 is 0 Å². The fourth-order valence-corrected chi connectivity index (χ4v) is 2.17. The minimum absolute atomic E-state index is 0.0111. The highest BCUT2D eigenvalue weighted by Crippen LogP contribution is 2.23. The Morgan fingerprint density at radius 1 is 1.38 bits per heavy atom. The SMILES string of the molecule is C[C@@H](OC(C)(C)C)[C@H]1CCCN1C. The molecule has 0 aromatic carbocycles. The summed E-state index contributed by atoms with van der Waals surface area (Å²) < 4.78 is 5.95. The van der Waals surface area contributed by atoms with Gasteiger partial charge in [-0.05, 0) is 54.1 Å². The largest absolute Gasteiger partial charge is 0.371 e. The molecule has 78 valence electrons. The van der Waals surface area contributed by atoms with Crippen molar-refractivity contribution in [3.05, 3.63) is 0 Å². The molecule has 1 heterocycles. The Morgan fingerprint density at radius 2 is 2.00 bits per heavy atom. The first-order valence-corrected chi connectivity index (χ1v) is 5.28. The molecule has 0 amide bonds. The van der Waals surface area contributed by atoms with Crippen LogP contribution in [0.2, 0.25) is 0 Å². The lowest BCUT2D eigenvalue weighted by Crippen LogP contribution is -2.40. The van der Waals surface area contributed by atoms with Crippen LogP contribution < -0.4 is 0 Å². The van der Waals surface area contributed by atoms with Crippen LogP contribution in [-0.2, 0) is 4.74 Å². The number of rotatable bonds is 2. The molecule has 2 heteroatoms. The lowest BCUT2D eigenvalue weighted by molar-refractivity contribution is -0.0776. The highest BCUT2D eigenvalue weighted by Gasteiger charge is 2.29. The Kier molecular flexibility index (Phi) is 3.36. The summed E-state index contributed by atoms with van der Waals surface area (Å²) in [6.45, 7) is 9.79. The fraction of sp³-hybridized carbons (Fsp3) is 1.00. The van der Waals surface area contributed by atoms with Crippen LogP contribution >= 0.6 is 0 Å². The quantitative estimate of drug-likeness (QED) is 0.654. The number of hydrogen-bond acceptors (Lipinski definition) is 2. The van der Waals surface area contributed by atoms with Crippen LogP contribution in [0.25, 0.3) is 0 Å². The third kappa shape index (κ3) is 3.28. The van der Waals surface area contributed by atoms with E-state index in [1.54, 1.807) is 0 Å². The monoisotopic (exact) mass is 185 g/mol. The van der Waals surface area contributed by atoms with E-state index in [1.165, 1.54) is 19.4 Å². The molecule has 0 aromatic rings. The molecule has 1 saturated heterocycles. The van der Waals surface area contributed by atoms with Crippen molar-refractivity contribution in [1.82, 2.24) is 4.90 Å². The van der Waals surface area contributed by atoms with E-state index in [0.29, 0.717) is 12.1 Å². The van der Waals surface area contributed by atoms with Crippen molar-refractivity contribution in [3.63, 3.8) is 0 Å². The summed E-state index contributed by atoms with van der Waals surface area (Å²) in [6, 6.07) is 0.624. The van der Waals surface area contributed by atoms with Gasteiger partial charge in [0.15, 0.2) is 0 Å². The fourth-order valence-electron chi connectivity index (χ4n) is 2.17. The summed E-state index contributed by atoms with van der Waals surface area (Å²) in [5.41, 5.74) is -0.0111. The number of hydrogen-bond donors (Lipinski definition) is 0. The van der Waals surface area contributed by atoms with E-state index in [0.717, 1.165) is 0 Å². The van der Waals surface area contributed by atoms with Crippen LogP contribution in [0.5, 0.6) is 0 Å². The Bertz CT molecular complexity index is 162. The molecule has 0 bridgehead atoms. The van der Waals surface area contributed by atoms with Crippen LogP contribution in [0.4, 0.5) is 0 Å². The van der Waals surface area contributed by atoms with Gasteiger partial charge in [-0.2, -0.15) is 0 Å².